The first kappa shape index (κ1) is 14.3. The Labute approximate surface area is 132 Å². The molecule has 0 fully saturated rings. The number of benzene rings is 2. The van der Waals surface area contributed by atoms with Gasteiger partial charge in [-0.3, -0.25) is 5.32 Å². The van der Waals surface area contributed by atoms with Gasteiger partial charge in [0, 0.05) is 16.6 Å². The van der Waals surface area contributed by atoms with Crippen LogP contribution < -0.4 is 10.6 Å². The summed E-state index contributed by atoms with van der Waals surface area (Å²) in [5, 5.41) is 8.04. The standard InChI is InChI=1S/C17H15N3OS/c1-12-7-9-14(10-8-12)18-16(21)20-17-19-15(11-22-17)13-5-3-2-4-6-13/h2-11H,1H3,(H2,18,19,20,21). The number of nitrogens with one attached hydrogen (secondary N) is 2. The summed E-state index contributed by atoms with van der Waals surface area (Å²) < 4.78 is 0. The zero-order chi connectivity index (χ0) is 15.4. The molecule has 5 heteroatoms. The summed E-state index contributed by atoms with van der Waals surface area (Å²) in [7, 11) is 0. The van der Waals surface area contributed by atoms with Gasteiger partial charge in [-0.05, 0) is 19.1 Å². The lowest BCUT2D eigenvalue weighted by Gasteiger charge is -2.05. The van der Waals surface area contributed by atoms with Crippen molar-refractivity contribution in [1.82, 2.24) is 4.98 Å². The molecule has 0 radical (unpaired) electrons. The summed E-state index contributed by atoms with van der Waals surface area (Å²) in [5.74, 6) is 0. The average molecular weight is 309 g/mol. The minimum absolute atomic E-state index is 0.294. The molecule has 0 aliphatic carbocycles. The van der Waals surface area contributed by atoms with Crippen LogP contribution in [0.5, 0.6) is 0 Å². The smallest absolute Gasteiger partial charge is 0.308 e. The topological polar surface area (TPSA) is 54.0 Å². The van der Waals surface area contributed by atoms with E-state index in [9.17, 15) is 4.79 Å². The fraction of sp³-hybridized carbons (Fsp3) is 0.0588. The maximum absolute atomic E-state index is 12.0. The molecule has 2 aromatic carbocycles. The van der Waals surface area contributed by atoms with E-state index in [1.807, 2.05) is 66.9 Å². The number of urea groups is 1. The van der Waals surface area contributed by atoms with E-state index in [1.165, 1.54) is 11.3 Å². The zero-order valence-corrected chi connectivity index (χ0v) is 12.9. The molecular formula is C17H15N3OS. The lowest BCUT2D eigenvalue weighted by Crippen LogP contribution is -2.19. The van der Waals surface area contributed by atoms with E-state index >= 15 is 0 Å². The molecule has 3 aromatic rings. The van der Waals surface area contributed by atoms with Gasteiger partial charge in [0.05, 0.1) is 5.69 Å². The van der Waals surface area contributed by atoms with Crippen molar-refractivity contribution in [1.29, 1.82) is 0 Å². The van der Waals surface area contributed by atoms with E-state index in [4.69, 9.17) is 0 Å². The van der Waals surface area contributed by atoms with Crippen molar-refractivity contribution in [3.05, 3.63) is 65.5 Å². The molecule has 0 unspecified atom stereocenters. The summed E-state index contributed by atoms with van der Waals surface area (Å²) >= 11 is 1.40. The van der Waals surface area contributed by atoms with Crippen LogP contribution in [0.4, 0.5) is 15.6 Å². The third-order valence-electron chi connectivity index (χ3n) is 3.10. The lowest BCUT2D eigenvalue weighted by molar-refractivity contribution is 0.262. The summed E-state index contributed by atoms with van der Waals surface area (Å²) in [6, 6.07) is 17.2. The Morgan fingerprint density at radius 2 is 1.73 bits per heavy atom. The molecule has 0 aliphatic rings. The van der Waals surface area contributed by atoms with Crippen LogP contribution in [-0.2, 0) is 0 Å². The highest BCUT2D eigenvalue weighted by Gasteiger charge is 2.07. The fourth-order valence-corrected chi connectivity index (χ4v) is 2.68. The molecule has 22 heavy (non-hydrogen) atoms. The molecule has 2 N–H and O–H groups in total. The van der Waals surface area contributed by atoms with E-state index in [-0.39, 0.29) is 6.03 Å². The molecule has 3 rings (SSSR count). The molecule has 0 aliphatic heterocycles. The summed E-state index contributed by atoms with van der Waals surface area (Å²) in [6.45, 7) is 2.00. The van der Waals surface area contributed by atoms with E-state index < -0.39 is 0 Å². The highest BCUT2D eigenvalue weighted by atomic mass is 32.1. The van der Waals surface area contributed by atoms with Crippen molar-refractivity contribution in [2.45, 2.75) is 6.92 Å². The first-order valence-electron chi connectivity index (χ1n) is 6.86. The highest BCUT2D eigenvalue weighted by molar-refractivity contribution is 7.14. The van der Waals surface area contributed by atoms with Gasteiger partial charge >= 0.3 is 6.03 Å². The molecule has 1 heterocycles. The number of anilines is 2. The zero-order valence-electron chi connectivity index (χ0n) is 12.0. The second kappa shape index (κ2) is 6.41. The van der Waals surface area contributed by atoms with Crippen molar-refractivity contribution in [2.75, 3.05) is 10.6 Å². The number of carbonyl (C=O) groups is 1. The van der Waals surface area contributed by atoms with Crippen LogP contribution in [0.15, 0.2) is 60.0 Å². The molecule has 2 amide bonds. The Bertz CT molecular complexity index is 766. The SMILES string of the molecule is Cc1ccc(NC(=O)Nc2nc(-c3ccccc3)cs2)cc1. The fourth-order valence-electron chi connectivity index (χ4n) is 1.97. The molecular weight excluding hydrogens is 294 g/mol. The Morgan fingerprint density at radius 3 is 2.45 bits per heavy atom. The Kier molecular flexibility index (Phi) is 4.16. The van der Waals surface area contributed by atoms with E-state index in [1.54, 1.807) is 0 Å². The van der Waals surface area contributed by atoms with Crippen LogP contribution >= 0.6 is 11.3 Å². The van der Waals surface area contributed by atoms with Crippen molar-refractivity contribution in [3.8, 4) is 11.3 Å². The largest absolute Gasteiger partial charge is 0.325 e. The van der Waals surface area contributed by atoms with Gasteiger partial charge in [0.15, 0.2) is 5.13 Å². The molecule has 0 atom stereocenters. The first-order valence-corrected chi connectivity index (χ1v) is 7.74. The van der Waals surface area contributed by atoms with Gasteiger partial charge in [-0.25, -0.2) is 9.78 Å². The van der Waals surface area contributed by atoms with E-state index in [2.05, 4.69) is 15.6 Å². The molecule has 0 saturated carbocycles. The molecule has 1 aromatic heterocycles. The number of hydrogen-bond acceptors (Lipinski definition) is 3. The van der Waals surface area contributed by atoms with Crippen LogP contribution in [0.3, 0.4) is 0 Å². The minimum Gasteiger partial charge on any atom is -0.308 e. The highest BCUT2D eigenvalue weighted by Crippen LogP contribution is 2.24. The van der Waals surface area contributed by atoms with Gasteiger partial charge < -0.3 is 5.32 Å². The van der Waals surface area contributed by atoms with Crippen LogP contribution in [-0.4, -0.2) is 11.0 Å². The van der Waals surface area contributed by atoms with Crippen LogP contribution in [0.2, 0.25) is 0 Å². The number of thiazole rings is 1. The number of carbonyl (C=O) groups excluding carboxylic acids is 1. The minimum atomic E-state index is -0.294. The number of hydrogen-bond donors (Lipinski definition) is 2. The second-order valence-corrected chi connectivity index (χ2v) is 5.71. The maximum Gasteiger partial charge on any atom is 0.325 e. The molecule has 110 valence electrons. The van der Waals surface area contributed by atoms with Crippen LogP contribution in [0.25, 0.3) is 11.3 Å². The van der Waals surface area contributed by atoms with Crippen molar-refractivity contribution < 1.29 is 4.79 Å². The summed E-state index contributed by atoms with van der Waals surface area (Å²) in [5.41, 5.74) is 3.79. The predicted octanol–water partition coefficient (Wildman–Crippen LogP) is 4.76. The Hall–Kier alpha value is -2.66. The van der Waals surface area contributed by atoms with Crippen molar-refractivity contribution in [3.63, 3.8) is 0 Å². The number of rotatable bonds is 3. The van der Waals surface area contributed by atoms with E-state index in [0.717, 1.165) is 22.5 Å². The normalized spacial score (nSPS) is 10.2. The van der Waals surface area contributed by atoms with Gasteiger partial charge in [0.2, 0.25) is 0 Å². The third kappa shape index (κ3) is 3.51. The molecule has 0 bridgehead atoms. The molecule has 0 saturated heterocycles. The monoisotopic (exact) mass is 309 g/mol. The summed E-state index contributed by atoms with van der Waals surface area (Å²) in [6.07, 6.45) is 0. The number of nitrogens with zero attached hydrogens (tertiary/aromatic N) is 1. The number of amides is 2. The Morgan fingerprint density at radius 1 is 1.00 bits per heavy atom. The lowest BCUT2D eigenvalue weighted by atomic mass is 10.2. The number of aromatic nitrogens is 1. The Balaban J connectivity index is 1.65. The number of aryl methyl sites for hydroxylation is 1. The quantitative estimate of drug-likeness (QED) is 0.732. The molecule has 0 spiro atoms. The van der Waals surface area contributed by atoms with Crippen LogP contribution in [0.1, 0.15) is 5.56 Å². The van der Waals surface area contributed by atoms with Gasteiger partial charge in [-0.1, -0.05) is 48.0 Å². The van der Waals surface area contributed by atoms with Crippen LogP contribution in [0, 0.1) is 6.92 Å². The van der Waals surface area contributed by atoms with Gasteiger partial charge in [-0.15, -0.1) is 11.3 Å². The summed E-state index contributed by atoms with van der Waals surface area (Å²) in [4.78, 5) is 16.4. The van der Waals surface area contributed by atoms with Crippen molar-refractivity contribution in [2.24, 2.45) is 0 Å². The predicted molar refractivity (Wildman–Crippen MR) is 91.4 cm³/mol. The van der Waals surface area contributed by atoms with Gasteiger partial charge in [0.1, 0.15) is 0 Å². The van der Waals surface area contributed by atoms with Gasteiger partial charge in [0.25, 0.3) is 0 Å². The first-order chi connectivity index (χ1) is 10.7. The molecule has 4 nitrogen and oxygen atoms in total. The van der Waals surface area contributed by atoms with Crippen molar-refractivity contribution >= 4 is 28.2 Å². The average Bonchev–Trinajstić information content (AvgIpc) is 2.99. The maximum atomic E-state index is 12.0. The second-order valence-electron chi connectivity index (χ2n) is 4.85. The van der Waals surface area contributed by atoms with Gasteiger partial charge in [-0.2, -0.15) is 0 Å². The van der Waals surface area contributed by atoms with E-state index in [0.29, 0.717) is 5.13 Å². The third-order valence-corrected chi connectivity index (χ3v) is 3.86.